The highest BCUT2D eigenvalue weighted by Gasteiger charge is 2.18. The molecule has 1 unspecified atom stereocenters. The molecule has 0 saturated carbocycles. The molecule has 1 aromatic heterocycles. The van der Waals surface area contributed by atoms with Crippen LogP contribution in [0.25, 0.3) is 0 Å². The zero-order valence-electron chi connectivity index (χ0n) is 12.8. The summed E-state index contributed by atoms with van der Waals surface area (Å²) >= 11 is 0. The summed E-state index contributed by atoms with van der Waals surface area (Å²) in [7, 11) is 4.16. The van der Waals surface area contributed by atoms with Crippen LogP contribution in [0.4, 0.5) is 11.8 Å². The lowest BCUT2D eigenvalue weighted by molar-refractivity contribution is 0.405. The Labute approximate surface area is 121 Å². The Bertz CT molecular complexity index is 408. The van der Waals surface area contributed by atoms with Gasteiger partial charge in [0.15, 0.2) is 5.82 Å². The molecule has 20 heavy (non-hydrogen) atoms. The normalized spacial score (nSPS) is 19.4. The first-order chi connectivity index (χ1) is 9.65. The standard InChI is InChI=1S/C14H26N6/c1-12-6-4-9-20(11-12)13-10-16-18-14(17-13)15-7-5-8-19(2)3/h10,12H,4-9,11H2,1-3H3,(H,15,17,18). The van der Waals surface area contributed by atoms with Crippen molar-refractivity contribution in [3.63, 3.8) is 0 Å². The molecule has 1 N–H and O–H groups in total. The molecule has 1 aliphatic heterocycles. The maximum absolute atomic E-state index is 4.58. The summed E-state index contributed by atoms with van der Waals surface area (Å²) in [6.07, 6.45) is 5.38. The van der Waals surface area contributed by atoms with Gasteiger partial charge in [0.05, 0.1) is 6.20 Å². The minimum atomic E-state index is 0.638. The number of nitrogens with one attached hydrogen (secondary N) is 1. The SMILES string of the molecule is CC1CCCN(c2cnnc(NCCCN(C)C)n2)C1. The number of hydrogen-bond acceptors (Lipinski definition) is 6. The molecule has 0 amide bonds. The maximum atomic E-state index is 4.58. The van der Waals surface area contributed by atoms with Crippen molar-refractivity contribution in [2.75, 3.05) is 50.5 Å². The molecule has 0 radical (unpaired) electrons. The van der Waals surface area contributed by atoms with Crippen molar-refractivity contribution in [1.82, 2.24) is 20.1 Å². The second kappa shape index (κ2) is 7.38. The average molecular weight is 278 g/mol. The Morgan fingerprint density at radius 2 is 2.30 bits per heavy atom. The molecule has 2 rings (SSSR count). The van der Waals surface area contributed by atoms with Gasteiger partial charge in [0.1, 0.15) is 0 Å². The van der Waals surface area contributed by atoms with E-state index >= 15 is 0 Å². The topological polar surface area (TPSA) is 57.2 Å². The van der Waals surface area contributed by atoms with Crippen LogP contribution in [-0.4, -0.2) is 60.4 Å². The van der Waals surface area contributed by atoms with Crippen LogP contribution < -0.4 is 10.2 Å². The first-order valence-electron chi connectivity index (χ1n) is 7.48. The average Bonchev–Trinajstić information content (AvgIpc) is 2.44. The smallest absolute Gasteiger partial charge is 0.244 e. The summed E-state index contributed by atoms with van der Waals surface area (Å²) in [5, 5.41) is 11.4. The predicted molar refractivity (Wildman–Crippen MR) is 82.1 cm³/mol. The molecular formula is C14H26N6. The van der Waals surface area contributed by atoms with Crippen LogP contribution in [0.2, 0.25) is 0 Å². The lowest BCUT2D eigenvalue weighted by Gasteiger charge is -2.31. The molecule has 112 valence electrons. The van der Waals surface area contributed by atoms with Gasteiger partial charge in [-0.3, -0.25) is 0 Å². The maximum Gasteiger partial charge on any atom is 0.244 e. The Morgan fingerprint density at radius 3 is 3.05 bits per heavy atom. The highest BCUT2D eigenvalue weighted by molar-refractivity contribution is 5.40. The number of piperidine rings is 1. The van der Waals surface area contributed by atoms with E-state index in [2.05, 4.69) is 51.3 Å². The molecule has 2 heterocycles. The largest absolute Gasteiger partial charge is 0.355 e. The van der Waals surface area contributed by atoms with Crippen LogP contribution in [0.1, 0.15) is 26.2 Å². The molecule has 1 aliphatic rings. The molecule has 1 atom stereocenters. The van der Waals surface area contributed by atoms with Crippen molar-refractivity contribution in [3.05, 3.63) is 6.20 Å². The van der Waals surface area contributed by atoms with E-state index in [1.807, 2.05) is 0 Å². The summed E-state index contributed by atoms with van der Waals surface area (Å²) < 4.78 is 0. The third kappa shape index (κ3) is 4.59. The monoisotopic (exact) mass is 278 g/mol. The molecular weight excluding hydrogens is 252 g/mol. The van der Waals surface area contributed by atoms with Gasteiger partial charge >= 0.3 is 0 Å². The summed E-state index contributed by atoms with van der Waals surface area (Å²) in [6.45, 7) is 6.37. The van der Waals surface area contributed by atoms with Gasteiger partial charge in [-0.05, 0) is 45.8 Å². The molecule has 1 aromatic rings. The number of rotatable bonds is 6. The summed E-state index contributed by atoms with van der Waals surface area (Å²) in [5.74, 6) is 2.32. The molecule has 0 bridgehead atoms. The van der Waals surface area contributed by atoms with Gasteiger partial charge in [0.2, 0.25) is 5.95 Å². The van der Waals surface area contributed by atoms with Crippen molar-refractivity contribution in [2.24, 2.45) is 5.92 Å². The van der Waals surface area contributed by atoms with Gasteiger partial charge in [-0.1, -0.05) is 6.92 Å². The van der Waals surface area contributed by atoms with E-state index in [0.717, 1.165) is 44.3 Å². The zero-order valence-corrected chi connectivity index (χ0v) is 12.8. The second-order valence-corrected chi connectivity index (χ2v) is 5.92. The Morgan fingerprint density at radius 1 is 1.45 bits per heavy atom. The highest BCUT2D eigenvalue weighted by atomic mass is 15.3. The minimum absolute atomic E-state index is 0.638. The van der Waals surface area contributed by atoms with E-state index in [1.54, 1.807) is 6.20 Å². The van der Waals surface area contributed by atoms with Gasteiger partial charge in [-0.25, -0.2) is 0 Å². The Kier molecular flexibility index (Phi) is 5.52. The van der Waals surface area contributed by atoms with Gasteiger partial charge in [-0.2, -0.15) is 10.1 Å². The van der Waals surface area contributed by atoms with Crippen molar-refractivity contribution in [2.45, 2.75) is 26.2 Å². The summed E-state index contributed by atoms with van der Waals surface area (Å²) in [6, 6.07) is 0. The first-order valence-corrected chi connectivity index (χ1v) is 7.48. The first kappa shape index (κ1) is 15.0. The number of aromatic nitrogens is 3. The number of hydrogen-bond donors (Lipinski definition) is 1. The molecule has 6 nitrogen and oxygen atoms in total. The van der Waals surface area contributed by atoms with Crippen molar-refractivity contribution in [3.8, 4) is 0 Å². The number of nitrogens with zero attached hydrogens (tertiary/aromatic N) is 5. The fourth-order valence-corrected chi connectivity index (χ4v) is 2.52. The molecule has 1 saturated heterocycles. The van der Waals surface area contributed by atoms with Gasteiger partial charge < -0.3 is 15.1 Å². The van der Waals surface area contributed by atoms with Crippen molar-refractivity contribution < 1.29 is 0 Å². The van der Waals surface area contributed by atoms with E-state index in [9.17, 15) is 0 Å². The Hall–Kier alpha value is -1.43. The lowest BCUT2D eigenvalue weighted by Crippen LogP contribution is -2.35. The second-order valence-electron chi connectivity index (χ2n) is 5.92. The minimum Gasteiger partial charge on any atom is -0.355 e. The fourth-order valence-electron chi connectivity index (χ4n) is 2.52. The summed E-state index contributed by atoms with van der Waals surface area (Å²) in [5.41, 5.74) is 0. The Balaban J connectivity index is 1.87. The van der Waals surface area contributed by atoms with Gasteiger partial charge in [0.25, 0.3) is 0 Å². The van der Waals surface area contributed by atoms with E-state index in [1.165, 1.54) is 12.8 Å². The summed E-state index contributed by atoms with van der Waals surface area (Å²) in [4.78, 5) is 9.06. The lowest BCUT2D eigenvalue weighted by atomic mass is 10.0. The van der Waals surface area contributed by atoms with Crippen molar-refractivity contribution >= 4 is 11.8 Å². The van der Waals surface area contributed by atoms with Crippen LogP contribution in [-0.2, 0) is 0 Å². The van der Waals surface area contributed by atoms with E-state index in [-0.39, 0.29) is 0 Å². The van der Waals surface area contributed by atoms with Crippen LogP contribution in [0, 0.1) is 5.92 Å². The van der Waals surface area contributed by atoms with Gasteiger partial charge in [-0.15, -0.1) is 5.10 Å². The van der Waals surface area contributed by atoms with Gasteiger partial charge in [0, 0.05) is 19.6 Å². The molecule has 0 aliphatic carbocycles. The molecule has 6 heteroatoms. The van der Waals surface area contributed by atoms with E-state index in [4.69, 9.17) is 0 Å². The third-order valence-corrected chi connectivity index (χ3v) is 3.59. The molecule has 0 spiro atoms. The van der Waals surface area contributed by atoms with E-state index < -0.39 is 0 Å². The zero-order chi connectivity index (χ0) is 14.4. The fraction of sp³-hybridized carbons (Fsp3) is 0.786. The van der Waals surface area contributed by atoms with Crippen LogP contribution in [0.15, 0.2) is 6.20 Å². The van der Waals surface area contributed by atoms with Crippen molar-refractivity contribution in [1.29, 1.82) is 0 Å². The predicted octanol–water partition coefficient (Wildman–Crippen LogP) is 1.47. The number of anilines is 2. The van der Waals surface area contributed by atoms with Crippen LogP contribution in [0.3, 0.4) is 0 Å². The highest BCUT2D eigenvalue weighted by Crippen LogP contribution is 2.20. The van der Waals surface area contributed by atoms with Crippen LogP contribution >= 0.6 is 0 Å². The van der Waals surface area contributed by atoms with Crippen LogP contribution in [0.5, 0.6) is 0 Å². The van der Waals surface area contributed by atoms with E-state index in [0.29, 0.717) is 5.95 Å². The molecule has 0 aromatic carbocycles. The third-order valence-electron chi connectivity index (χ3n) is 3.59. The molecule has 1 fully saturated rings. The quantitative estimate of drug-likeness (QED) is 0.795.